The lowest BCUT2D eigenvalue weighted by atomic mass is 9.97. The second-order valence-corrected chi connectivity index (χ2v) is 12.9. The molecule has 0 bridgehead atoms. The fourth-order valence-electron chi connectivity index (χ4n) is 4.66. The van der Waals surface area contributed by atoms with E-state index in [0.29, 0.717) is 55.1 Å². The number of benzene rings is 2. The number of ether oxygens (including phenoxy) is 1. The van der Waals surface area contributed by atoms with Crippen molar-refractivity contribution in [3.8, 4) is 17.0 Å². The molecular weight excluding hydrogens is 504 g/mol. The van der Waals surface area contributed by atoms with E-state index in [-0.39, 0.29) is 5.56 Å². The summed E-state index contributed by atoms with van der Waals surface area (Å²) in [5, 5.41) is 1.57. The molecule has 0 radical (unpaired) electrons. The highest BCUT2D eigenvalue weighted by molar-refractivity contribution is 7.88. The third-order valence-corrected chi connectivity index (χ3v) is 8.15. The zero-order valence-electron chi connectivity index (χ0n) is 22.0. The Hall–Kier alpha value is -3.47. The van der Waals surface area contributed by atoms with E-state index in [1.165, 1.54) is 10.6 Å². The average molecular weight is 537 g/mol. The molecule has 2 N–H and O–H groups in total. The molecule has 10 heteroatoms. The first-order valence-corrected chi connectivity index (χ1v) is 14.4. The molecule has 2 aromatic heterocycles. The normalized spacial score (nSPS) is 15.8. The molecule has 2 aromatic carbocycles. The number of nitrogens with one attached hydrogen (secondary N) is 2. The maximum absolute atomic E-state index is 13.1. The number of fused-ring (bicyclic) bond motifs is 2. The van der Waals surface area contributed by atoms with E-state index < -0.39 is 21.4 Å². The Morgan fingerprint density at radius 2 is 1.68 bits per heavy atom. The van der Waals surface area contributed by atoms with Gasteiger partial charge in [-0.15, -0.1) is 0 Å². The van der Waals surface area contributed by atoms with Crippen molar-refractivity contribution in [3.63, 3.8) is 0 Å². The van der Waals surface area contributed by atoms with Crippen LogP contribution in [-0.2, 0) is 21.4 Å². The smallest absolute Gasteiger partial charge is 0.316 e. The lowest BCUT2D eigenvalue weighted by Crippen LogP contribution is -2.47. The molecule has 5 rings (SSSR count). The van der Waals surface area contributed by atoms with Gasteiger partial charge in [-0.2, -0.15) is 4.31 Å². The number of nitrogens with zero attached hydrogens (tertiary/aromatic N) is 2. The summed E-state index contributed by atoms with van der Waals surface area (Å²) in [7, 11) is -3.20. The number of carbonyl (C=O) groups is 1. The Balaban J connectivity index is 1.54. The van der Waals surface area contributed by atoms with E-state index in [1.807, 2.05) is 42.5 Å². The van der Waals surface area contributed by atoms with Crippen LogP contribution in [0.1, 0.15) is 26.3 Å². The number of aromatic nitrogens is 2. The lowest BCUT2D eigenvalue weighted by molar-refractivity contribution is -0.142. The Labute approximate surface area is 221 Å². The van der Waals surface area contributed by atoms with Crippen molar-refractivity contribution < 1.29 is 17.9 Å². The molecule has 0 atom stereocenters. The minimum absolute atomic E-state index is 0.285. The highest BCUT2D eigenvalue weighted by atomic mass is 32.2. The predicted molar refractivity (Wildman–Crippen MR) is 149 cm³/mol. The highest BCUT2D eigenvalue weighted by Gasteiger charge is 2.28. The van der Waals surface area contributed by atoms with Gasteiger partial charge in [0.1, 0.15) is 0 Å². The molecule has 1 saturated heterocycles. The van der Waals surface area contributed by atoms with Gasteiger partial charge >= 0.3 is 5.97 Å². The van der Waals surface area contributed by atoms with Gasteiger partial charge in [0.25, 0.3) is 5.56 Å². The molecule has 200 valence electrons. The number of rotatable bonds is 5. The second-order valence-electron chi connectivity index (χ2n) is 10.9. The standard InChI is InChI=1S/C28H32N4O5S/c1-28(2,3)27(34)37-25-20-15-18(17-31-11-13-32(14-12-31)38(4,35)36)9-10-23(20)29-24(25)21-16-19-7-5-6-8-22(19)30-26(21)33/h5-10,15-16,29H,11-14,17H2,1-4H3,(H,30,33). The Kier molecular flexibility index (Phi) is 6.66. The summed E-state index contributed by atoms with van der Waals surface area (Å²) in [6.07, 6.45) is 1.24. The summed E-state index contributed by atoms with van der Waals surface area (Å²) in [6, 6.07) is 15.2. The van der Waals surface area contributed by atoms with Crippen LogP contribution in [0.4, 0.5) is 0 Å². The number of piperazine rings is 1. The number of pyridine rings is 1. The van der Waals surface area contributed by atoms with E-state index in [9.17, 15) is 18.0 Å². The summed E-state index contributed by atoms with van der Waals surface area (Å²) in [6.45, 7) is 8.14. The van der Waals surface area contributed by atoms with Crippen molar-refractivity contribution in [1.82, 2.24) is 19.2 Å². The van der Waals surface area contributed by atoms with E-state index in [4.69, 9.17) is 4.74 Å². The fraction of sp³-hybridized carbons (Fsp3) is 0.357. The molecule has 1 aliphatic heterocycles. The van der Waals surface area contributed by atoms with E-state index in [1.54, 1.807) is 26.8 Å². The molecule has 0 saturated carbocycles. The zero-order valence-corrected chi connectivity index (χ0v) is 22.8. The molecule has 38 heavy (non-hydrogen) atoms. The van der Waals surface area contributed by atoms with Crippen molar-refractivity contribution >= 4 is 37.8 Å². The minimum Gasteiger partial charge on any atom is -0.423 e. The summed E-state index contributed by atoms with van der Waals surface area (Å²) in [5.41, 5.74) is 2.27. The van der Waals surface area contributed by atoms with Crippen LogP contribution in [0.5, 0.6) is 5.75 Å². The number of H-pyrrole nitrogens is 2. The van der Waals surface area contributed by atoms with Gasteiger partial charge in [-0.1, -0.05) is 24.3 Å². The van der Waals surface area contributed by atoms with E-state index in [0.717, 1.165) is 22.0 Å². The van der Waals surface area contributed by atoms with Gasteiger partial charge < -0.3 is 14.7 Å². The molecule has 0 aliphatic carbocycles. The molecule has 4 aromatic rings. The van der Waals surface area contributed by atoms with Gasteiger partial charge in [0.05, 0.1) is 22.9 Å². The summed E-state index contributed by atoms with van der Waals surface area (Å²) in [5.74, 6) is -0.0800. The topological polar surface area (TPSA) is 116 Å². The van der Waals surface area contributed by atoms with Gasteiger partial charge in [-0.3, -0.25) is 14.5 Å². The van der Waals surface area contributed by atoms with Crippen LogP contribution in [0, 0.1) is 5.41 Å². The summed E-state index contributed by atoms with van der Waals surface area (Å²) in [4.78, 5) is 34.5. The van der Waals surface area contributed by atoms with Crippen LogP contribution >= 0.6 is 0 Å². The first kappa shape index (κ1) is 26.1. The second kappa shape index (κ2) is 9.68. The molecule has 3 heterocycles. The Morgan fingerprint density at radius 1 is 0.974 bits per heavy atom. The van der Waals surface area contributed by atoms with Crippen molar-refractivity contribution in [2.45, 2.75) is 27.3 Å². The largest absolute Gasteiger partial charge is 0.423 e. The molecule has 0 unspecified atom stereocenters. The first-order chi connectivity index (χ1) is 17.9. The van der Waals surface area contributed by atoms with Gasteiger partial charge in [0, 0.05) is 49.1 Å². The molecule has 0 amide bonds. The summed E-state index contributed by atoms with van der Waals surface area (Å²) < 4.78 is 31.2. The number of para-hydroxylation sites is 1. The van der Waals surface area contributed by atoms with Crippen LogP contribution in [0.3, 0.4) is 0 Å². The Morgan fingerprint density at radius 3 is 2.37 bits per heavy atom. The monoisotopic (exact) mass is 536 g/mol. The maximum atomic E-state index is 13.1. The lowest BCUT2D eigenvalue weighted by Gasteiger charge is -2.33. The highest BCUT2D eigenvalue weighted by Crippen LogP contribution is 2.38. The number of hydrogen-bond donors (Lipinski definition) is 2. The van der Waals surface area contributed by atoms with Crippen LogP contribution < -0.4 is 10.3 Å². The number of carbonyl (C=O) groups excluding carboxylic acids is 1. The minimum atomic E-state index is -3.20. The van der Waals surface area contributed by atoms with Gasteiger partial charge in [-0.25, -0.2) is 8.42 Å². The molecule has 1 fully saturated rings. The average Bonchev–Trinajstić information content (AvgIpc) is 3.20. The Bertz CT molecular complexity index is 1690. The zero-order chi connectivity index (χ0) is 27.2. The maximum Gasteiger partial charge on any atom is 0.316 e. The van der Waals surface area contributed by atoms with Crippen LogP contribution in [-0.4, -0.2) is 66.0 Å². The first-order valence-electron chi connectivity index (χ1n) is 12.6. The third kappa shape index (κ3) is 5.24. The predicted octanol–water partition coefficient (Wildman–Crippen LogP) is 3.71. The van der Waals surface area contributed by atoms with Crippen molar-refractivity contribution in [2.75, 3.05) is 32.4 Å². The van der Waals surface area contributed by atoms with Gasteiger partial charge in [-0.05, 0) is 56.0 Å². The van der Waals surface area contributed by atoms with Crippen LogP contribution in [0.2, 0.25) is 0 Å². The SMILES string of the molecule is CC(C)(C)C(=O)Oc1c(-c2cc3ccccc3[nH]c2=O)[nH]c2ccc(CN3CCN(S(C)(=O)=O)CC3)cc12. The number of sulfonamides is 1. The third-order valence-electron chi connectivity index (χ3n) is 6.85. The van der Waals surface area contributed by atoms with E-state index >= 15 is 0 Å². The summed E-state index contributed by atoms with van der Waals surface area (Å²) >= 11 is 0. The molecule has 0 spiro atoms. The van der Waals surface area contributed by atoms with E-state index in [2.05, 4.69) is 14.9 Å². The fourth-order valence-corrected chi connectivity index (χ4v) is 5.49. The quantitative estimate of drug-likeness (QED) is 0.376. The van der Waals surface area contributed by atoms with Crippen LogP contribution in [0.25, 0.3) is 33.1 Å². The van der Waals surface area contributed by atoms with Gasteiger partial charge in [0.15, 0.2) is 5.75 Å². The molecule has 1 aliphatic rings. The van der Waals surface area contributed by atoms with Crippen LogP contribution in [0.15, 0.2) is 53.3 Å². The number of esters is 1. The van der Waals surface area contributed by atoms with Crippen molar-refractivity contribution in [3.05, 3.63) is 64.4 Å². The van der Waals surface area contributed by atoms with Crippen molar-refractivity contribution in [1.29, 1.82) is 0 Å². The number of aromatic amines is 2. The van der Waals surface area contributed by atoms with Gasteiger partial charge in [0.2, 0.25) is 10.0 Å². The molecular formula is C28H32N4O5S. The number of hydrogen-bond acceptors (Lipinski definition) is 6. The van der Waals surface area contributed by atoms with Crippen molar-refractivity contribution in [2.24, 2.45) is 5.41 Å². The molecule has 9 nitrogen and oxygen atoms in total.